The maximum absolute atomic E-state index is 7.68. The van der Waals surface area contributed by atoms with Crippen LogP contribution in [0.5, 0.6) is 0 Å². The summed E-state index contributed by atoms with van der Waals surface area (Å²) >= 11 is 3.42. The van der Waals surface area contributed by atoms with E-state index < -0.39 is 0 Å². The number of nitrogens with zero attached hydrogens (tertiary/aromatic N) is 1. The van der Waals surface area contributed by atoms with Crippen molar-refractivity contribution in [1.29, 1.82) is 5.41 Å². The van der Waals surface area contributed by atoms with Gasteiger partial charge in [-0.25, -0.2) is 0 Å². The summed E-state index contributed by atoms with van der Waals surface area (Å²) in [7, 11) is 2.06. The van der Waals surface area contributed by atoms with Gasteiger partial charge in [0.25, 0.3) is 0 Å². The second-order valence-corrected chi connectivity index (χ2v) is 6.08. The number of benzene rings is 1. The van der Waals surface area contributed by atoms with Crippen molar-refractivity contribution < 1.29 is 0 Å². The molecule has 0 saturated carbocycles. The summed E-state index contributed by atoms with van der Waals surface area (Å²) in [6, 6.07) is 6.32. The summed E-state index contributed by atoms with van der Waals surface area (Å²) in [6.07, 6.45) is 1.11. The van der Waals surface area contributed by atoms with Crippen LogP contribution in [0.25, 0.3) is 0 Å². The van der Waals surface area contributed by atoms with E-state index in [-0.39, 0.29) is 5.84 Å². The average molecular weight is 312 g/mol. The molecule has 1 unspecified atom stereocenters. The molecule has 3 N–H and O–H groups in total. The molecule has 1 rings (SSSR count). The largest absolute Gasteiger partial charge is 0.384 e. The highest BCUT2D eigenvalue weighted by Gasteiger charge is 2.16. The lowest BCUT2D eigenvalue weighted by Crippen LogP contribution is -2.32. The second-order valence-electron chi connectivity index (χ2n) is 5.16. The van der Waals surface area contributed by atoms with Gasteiger partial charge in [0.15, 0.2) is 0 Å². The Kier molecular flexibility index (Phi) is 5.20. The van der Waals surface area contributed by atoms with Crippen molar-refractivity contribution in [2.24, 2.45) is 11.7 Å². The SMILES string of the molecule is CC(C)CC(C)N(C)c1ccc(Br)cc1C(=N)N. The zero-order valence-electron chi connectivity index (χ0n) is 11.5. The van der Waals surface area contributed by atoms with Gasteiger partial charge in [0.1, 0.15) is 5.84 Å². The van der Waals surface area contributed by atoms with Crippen LogP contribution in [-0.4, -0.2) is 18.9 Å². The Morgan fingerprint density at radius 3 is 2.50 bits per heavy atom. The monoisotopic (exact) mass is 311 g/mol. The van der Waals surface area contributed by atoms with Crippen LogP contribution in [0.4, 0.5) is 5.69 Å². The molecule has 100 valence electrons. The molecular formula is C14H22BrN3. The third kappa shape index (κ3) is 3.73. The van der Waals surface area contributed by atoms with E-state index in [1.54, 1.807) is 0 Å². The van der Waals surface area contributed by atoms with Crippen LogP contribution >= 0.6 is 15.9 Å². The molecule has 18 heavy (non-hydrogen) atoms. The van der Waals surface area contributed by atoms with Crippen LogP contribution in [0.15, 0.2) is 22.7 Å². The molecule has 0 saturated heterocycles. The van der Waals surface area contributed by atoms with Crippen LogP contribution < -0.4 is 10.6 Å². The van der Waals surface area contributed by atoms with Crippen molar-refractivity contribution in [3.8, 4) is 0 Å². The van der Waals surface area contributed by atoms with Gasteiger partial charge in [-0.1, -0.05) is 29.8 Å². The van der Waals surface area contributed by atoms with Crippen LogP contribution in [0.2, 0.25) is 0 Å². The molecule has 1 atom stereocenters. The van der Waals surface area contributed by atoms with Crippen molar-refractivity contribution in [3.05, 3.63) is 28.2 Å². The summed E-state index contributed by atoms with van der Waals surface area (Å²) in [4.78, 5) is 2.20. The molecule has 0 aliphatic rings. The fraction of sp³-hybridized carbons (Fsp3) is 0.500. The van der Waals surface area contributed by atoms with E-state index in [1.807, 2.05) is 18.2 Å². The molecular weight excluding hydrogens is 290 g/mol. The number of nitrogens with one attached hydrogen (secondary N) is 1. The number of hydrogen-bond donors (Lipinski definition) is 2. The molecule has 0 aliphatic carbocycles. The number of rotatable bonds is 5. The van der Waals surface area contributed by atoms with Gasteiger partial charge in [0, 0.05) is 28.8 Å². The Hall–Kier alpha value is -1.03. The fourth-order valence-corrected chi connectivity index (χ4v) is 2.47. The summed E-state index contributed by atoms with van der Waals surface area (Å²) < 4.78 is 0.946. The number of nitrogens with two attached hydrogens (primary N) is 1. The molecule has 0 fully saturated rings. The molecule has 1 aromatic rings. The highest BCUT2D eigenvalue weighted by molar-refractivity contribution is 9.10. The summed E-state index contributed by atoms with van der Waals surface area (Å²) in [6.45, 7) is 6.64. The number of nitrogen functional groups attached to an aromatic ring is 1. The Morgan fingerprint density at radius 2 is 2.00 bits per heavy atom. The Bertz CT molecular complexity index is 429. The highest BCUT2D eigenvalue weighted by Crippen LogP contribution is 2.26. The molecule has 3 nitrogen and oxygen atoms in total. The zero-order chi connectivity index (χ0) is 13.9. The van der Waals surface area contributed by atoms with Gasteiger partial charge in [-0.05, 0) is 37.5 Å². The quantitative estimate of drug-likeness (QED) is 0.645. The van der Waals surface area contributed by atoms with Gasteiger partial charge in [0.05, 0.1) is 0 Å². The molecule has 0 aromatic heterocycles. The zero-order valence-corrected chi connectivity index (χ0v) is 13.1. The minimum Gasteiger partial charge on any atom is -0.384 e. The third-order valence-electron chi connectivity index (χ3n) is 3.10. The molecule has 1 aromatic carbocycles. The molecule has 0 aliphatic heterocycles. The van der Waals surface area contributed by atoms with Crippen LogP contribution in [-0.2, 0) is 0 Å². The van der Waals surface area contributed by atoms with E-state index >= 15 is 0 Å². The number of anilines is 1. The molecule has 0 amide bonds. The van der Waals surface area contributed by atoms with Crippen LogP contribution in [0.1, 0.15) is 32.8 Å². The topological polar surface area (TPSA) is 53.1 Å². The van der Waals surface area contributed by atoms with Gasteiger partial charge in [0.2, 0.25) is 0 Å². The smallest absolute Gasteiger partial charge is 0.124 e. The van der Waals surface area contributed by atoms with Crippen molar-refractivity contribution in [1.82, 2.24) is 0 Å². The maximum atomic E-state index is 7.68. The first kappa shape index (κ1) is 15.0. The predicted octanol–water partition coefficient (Wildman–Crippen LogP) is 3.60. The van der Waals surface area contributed by atoms with Gasteiger partial charge in [-0.3, -0.25) is 5.41 Å². The van der Waals surface area contributed by atoms with Gasteiger partial charge >= 0.3 is 0 Å². The normalized spacial score (nSPS) is 12.6. The van der Waals surface area contributed by atoms with Crippen molar-refractivity contribution >= 4 is 27.5 Å². The molecule has 0 heterocycles. The van der Waals surface area contributed by atoms with E-state index in [0.717, 1.165) is 22.1 Å². The molecule has 4 heteroatoms. The lowest BCUT2D eigenvalue weighted by Gasteiger charge is -2.30. The molecule has 0 spiro atoms. The Balaban J connectivity index is 3.04. The number of halogens is 1. The number of hydrogen-bond acceptors (Lipinski definition) is 2. The number of amidine groups is 1. The summed E-state index contributed by atoms with van der Waals surface area (Å²) in [5, 5.41) is 7.68. The van der Waals surface area contributed by atoms with E-state index in [2.05, 4.69) is 48.6 Å². The summed E-state index contributed by atoms with van der Waals surface area (Å²) in [5.74, 6) is 0.758. The van der Waals surface area contributed by atoms with Crippen LogP contribution in [0.3, 0.4) is 0 Å². The average Bonchev–Trinajstić information content (AvgIpc) is 2.26. The Morgan fingerprint density at radius 1 is 1.39 bits per heavy atom. The Labute approximate surface area is 118 Å². The first-order valence-electron chi connectivity index (χ1n) is 6.19. The minimum absolute atomic E-state index is 0.106. The molecule has 0 radical (unpaired) electrons. The van der Waals surface area contributed by atoms with Gasteiger partial charge in [-0.15, -0.1) is 0 Å². The lowest BCUT2D eigenvalue weighted by atomic mass is 10.0. The third-order valence-corrected chi connectivity index (χ3v) is 3.60. The van der Waals surface area contributed by atoms with Crippen molar-refractivity contribution in [3.63, 3.8) is 0 Å². The van der Waals surface area contributed by atoms with E-state index in [4.69, 9.17) is 11.1 Å². The first-order valence-corrected chi connectivity index (χ1v) is 6.99. The first-order chi connectivity index (χ1) is 8.32. The highest BCUT2D eigenvalue weighted by atomic mass is 79.9. The van der Waals surface area contributed by atoms with E-state index in [1.165, 1.54) is 0 Å². The lowest BCUT2D eigenvalue weighted by molar-refractivity contribution is 0.504. The van der Waals surface area contributed by atoms with Crippen LogP contribution in [0, 0.1) is 11.3 Å². The standard InChI is InChI=1S/C14H22BrN3/c1-9(2)7-10(3)18(4)13-6-5-11(15)8-12(13)14(16)17/h5-6,8-10H,7H2,1-4H3,(H3,16,17). The molecule has 0 bridgehead atoms. The van der Waals surface area contributed by atoms with Gasteiger partial charge < -0.3 is 10.6 Å². The summed E-state index contributed by atoms with van der Waals surface area (Å²) in [5.41, 5.74) is 7.45. The van der Waals surface area contributed by atoms with Crippen molar-refractivity contribution in [2.75, 3.05) is 11.9 Å². The predicted molar refractivity (Wildman–Crippen MR) is 82.5 cm³/mol. The van der Waals surface area contributed by atoms with Crippen molar-refractivity contribution in [2.45, 2.75) is 33.2 Å². The van der Waals surface area contributed by atoms with Gasteiger partial charge in [-0.2, -0.15) is 0 Å². The minimum atomic E-state index is 0.106. The fourth-order valence-electron chi connectivity index (χ4n) is 2.11. The maximum Gasteiger partial charge on any atom is 0.124 e. The van der Waals surface area contributed by atoms with E-state index in [0.29, 0.717) is 12.0 Å². The second kappa shape index (κ2) is 6.23. The van der Waals surface area contributed by atoms with E-state index in [9.17, 15) is 0 Å².